The summed E-state index contributed by atoms with van der Waals surface area (Å²) >= 11 is 0. The molecule has 0 aromatic carbocycles. The highest BCUT2D eigenvalue weighted by molar-refractivity contribution is 5.82. The topological polar surface area (TPSA) is 55.6 Å². The third-order valence-corrected chi connectivity index (χ3v) is 3.57. The molecule has 0 saturated carbocycles. The van der Waals surface area contributed by atoms with Crippen LogP contribution in [0.25, 0.3) is 0 Å². The van der Waals surface area contributed by atoms with Crippen molar-refractivity contribution < 1.29 is 9.53 Å². The fraction of sp³-hybridized carbons (Fsp3) is 0.917. The van der Waals surface area contributed by atoms with Crippen molar-refractivity contribution in [3.63, 3.8) is 0 Å². The Hall–Kier alpha value is -0.610. The predicted molar refractivity (Wildman–Crippen MR) is 62.0 cm³/mol. The second-order valence-corrected chi connectivity index (χ2v) is 4.85. The highest BCUT2D eigenvalue weighted by Crippen LogP contribution is 2.17. The Labute approximate surface area is 97.1 Å². The van der Waals surface area contributed by atoms with E-state index in [9.17, 15) is 4.79 Å². The van der Waals surface area contributed by atoms with Gasteiger partial charge in [-0.05, 0) is 38.5 Å². The van der Waals surface area contributed by atoms with Gasteiger partial charge < -0.3 is 15.4 Å². The van der Waals surface area contributed by atoms with E-state index in [1.807, 2.05) is 4.90 Å². The monoisotopic (exact) mass is 226 g/mol. The van der Waals surface area contributed by atoms with Gasteiger partial charge in [-0.25, -0.2) is 0 Å². The second kappa shape index (κ2) is 5.64. The lowest BCUT2D eigenvalue weighted by Gasteiger charge is -2.32. The molecule has 0 aliphatic carbocycles. The predicted octanol–water partition coefficient (Wildman–Crippen LogP) is 0.895. The number of piperidine rings is 1. The summed E-state index contributed by atoms with van der Waals surface area (Å²) in [4.78, 5) is 13.7. The van der Waals surface area contributed by atoms with Crippen molar-refractivity contribution in [3.8, 4) is 0 Å². The van der Waals surface area contributed by atoms with Crippen molar-refractivity contribution in [3.05, 3.63) is 0 Å². The molecule has 4 heteroatoms. The second-order valence-electron chi connectivity index (χ2n) is 4.85. The van der Waals surface area contributed by atoms with Gasteiger partial charge in [-0.15, -0.1) is 0 Å². The number of amides is 1. The third-order valence-electron chi connectivity index (χ3n) is 3.57. The average Bonchev–Trinajstić information content (AvgIpc) is 2.32. The minimum Gasteiger partial charge on any atom is -0.378 e. The smallest absolute Gasteiger partial charge is 0.239 e. The summed E-state index contributed by atoms with van der Waals surface area (Å²) in [6, 6.07) is -0.263. The molecule has 2 unspecified atom stereocenters. The van der Waals surface area contributed by atoms with E-state index in [0.717, 1.165) is 45.4 Å². The van der Waals surface area contributed by atoms with E-state index >= 15 is 0 Å². The molecular weight excluding hydrogens is 204 g/mol. The maximum Gasteiger partial charge on any atom is 0.239 e. The van der Waals surface area contributed by atoms with Crippen molar-refractivity contribution >= 4 is 5.91 Å². The normalized spacial score (nSPS) is 31.8. The Bertz CT molecular complexity index is 239. The molecule has 1 amide bonds. The standard InChI is InChI=1S/C12H22N2O2/c13-11-5-3-7-14(12(11)15)8-6-10-4-1-2-9-16-10/h10-11H,1-9,13H2. The Balaban J connectivity index is 1.73. The van der Waals surface area contributed by atoms with Crippen molar-refractivity contribution in [2.24, 2.45) is 5.73 Å². The number of carbonyl (C=O) groups excluding carboxylic acids is 1. The first kappa shape index (κ1) is 11.9. The average molecular weight is 226 g/mol. The Morgan fingerprint density at radius 3 is 2.94 bits per heavy atom. The van der Waals surface area contributed by atoms with E-state index in [0.29, 0.717) is 6.10 Å². The van der Waals surface area contributed by atoms with Crippen LogP contribution < -0.4 is 5.73 Å². The van der Waals surface area contributed by atoms with Gasteiger partial charge in [0.05, 0.1) is 12.1 Å². The molecule has 2 N–H and O–H groups in total. The van der Waals surface area contributed by atoms with Crippen LogP contribution >= 0.6 is 0 Å². The molecule has 2 fully saturated rings. The fourth-order valence-electron chi connectivity index (χ4n) is 2.53. The first-order valence-corrected chi connectivity index (χ1v) is 6.43. The quantitative estimate of drug-likeness (QED) is 0.777. The van der Waals surface area contributed by atoms with Crippen LogP contribution in [0.5, 0.6) is 0 Å². The number of nitrogens with zero attached hydrogens (tertiary/aromatic N) is 1. The minimum absolute atomic E-state index is 0.127. The summed E-state index contributed by atoms with van der Waals surface area (Å²) in [5.41, 5.74) is 5.75. The number of rotatable bonds is 3. The fourth-order valence-corrected chi connectivity index (χ4v) is 2.53. The van der Waals surface area contributed by atoms with Crippen LogP contribution in [0.4, 0.5) is 0 Å². The van der Waals surface area contributed by atoms with Gasteiger partial charge in [0.1, 0.15) is 0 Å². The van der Waals surface area contributed by atoms with Gasteiger partial charge in [-0.3, -0.25) is 4.79 Å². The van der Waals surface area contributed by atoms with Gasteiger partial charge in [0.2, 0.25) is 5.91 Å². The first-order chi connectivity index (χ1) is 7.77. The van der Waals surface area contributed by atoms with Crippen LogP contribution in [-0.2, 0) is 9.53 Å². The summed E-state index contributed by atoms with van der Waals surface area (Å²) in [5, 5.41) is 0. The van der Waals surface area contributed by atoms with Crippen LogP contribution in [-0.4, -0.2) is 42.6 Å². The van der Waals surface area contributed by atoms with Gasteiger partial charge >= 0.3 is 0 Å². The van der Waals surface area contributed by atoms with E-state index in [1.165, 1.54) is 12.8 Å². The lowest BCUT2D eigenvalue weighted by molar-refractivity contribution is -0.135. The molecule has 4 nitrogen and oxygen atoms in total. The lowest BCUT2D eigenvalue weighted by Crippen LogP contribution is -2.49. The number of ether oxygens (including phenoxy) is 1. The molecule has 2 atom stereocenters. The summed E-state index contributed by atoms with van der Waals surface area (Å²) in [6.45, 7) is 2.58. The largest absolute Gasteiger partial charge is 0.378 e. The Kier molecular flexibility index (Phi) is 4.18. The molecule has 92 valence electrons. The number of hydrogen-bond acceptors (Lipinski definition) is 3. The third kappa shape index (κ3) is 2.95. The highest BCUT2D eigenvalue weighted by Gasteiger charge is 2.26. The number of carbonyl (C=O) groups is 1. The van der Waals surface area contributed by atoms with E-state index in [4.69, 9.17) is 10.5 Å². The van der Waals surface area contributed by atoms with E-state index in [-0.39, 0.29) is 11.9 Å². The molecule has 0 bridgehead atoms. The Morgan fingerprint density at radius 1 is 1.31 bits per heavy atom. The number of nitrogens with two attached hydrogens (primary N) is 1. The Morgan fingerprint density at radius 2 is 2.19 bits per heavy atom. The van der Waals surface area contributed by atoms with Gasteiger partial charge in [-0.2, -0.15) is 0 Å². The molecule has 0 aromatic heterocycles. The zero-order valence-corrected chi connectivity index (χ0v) is 9.86. The lowest BCUT2D eigenvalue weighted by atomic mass is 10.0. The van der Waals surface area contributed by atoms with Gasteiger partial charge in [0.25, 0.3) is 0 Å². The maximum atomic E-state index is 11.8. The maximum absolute atomic E-state index is 11.8. The zero-order chi connectivity index (χ0) is 11.4. The van der Waals surface area contributed by atoms with Crippen molar-refractivity contribution in [1.29, 1.82) is 0 Å². The summed E-state index contributed by atoms with van der Waals surface area (Å²) in [7, 11) is 0. The van der Waals surface area contributed by atoms with E-state index in [2.05, 4.69) is 0 Å². The molecule has 16 heavy (non-hydrogen) atoms. The molecule has 0 radical (unpaired) electrons. The highest BCUT2D eigenvalue weighted by atomic mass is 16.5. The van der Waals surface area contributed by atoms with Crippen LogP contribution in [0.2, 0.25) is 0 Å². The van der Waals surface area contributed by atoms with Gasteiger partial charge in [0, 0.05) is 19.7 Å². The molecule has 2 aliphatic heterocycles. The number of likely N-dealkylation sites (tertiary alicyclic amines) is 1. The van der Waals surface area contributed by atoms with E-state index in [1.54, 1.807) is 0 Å². The van der Waals surface area contributed by atoms with Crippen LogP contribution in [0.15, 0.2) is 0 Å². The van der Waals surface area contributed by atoms with E-state index < -0.39 is 0 Å². The molecule has 2 rings (SSSR count). The van der Waals surface area contributed by atoms with Crippen LogP contribution in [0.1, 0.15) is 38.5 Å². The summed E-state index contributed by atoms with van der Waals surface area (Å²) in [6.07, 6.45) is 6.81. The van der Waals surface area contributed by atoms with Gasteiger partial charge in [-0.1, -0.05) is 0 Å². The molecular formula is C12H22N2O2. The molecule has 2 aliphatic rings. The first-order valence-electron chi connectivity index (χ1n) is 6.43. The van der Waals surface area contributed by atoms with Gasteiger partial charge in [0.15, 0.2) is 0 Å². The van der Waals surface area contributed by atoms with Crippen molar-refractivity contribution in [1.82, 2.24) is 4.90 Å². The zero-order valence-electron chi connectivity index (χ0n) is 9.86. The number of hydrogen-bond donors (Lipinski definition) is 1. The van der Waals surface area contributed by atoms with Crippen molar-refractivity contribution in [2.75, 3.05) is 19.7 Å². The summed E-state index contributed by atoms with van der Waals surface area (Å²) in [5.74, 6) is 0.127. The molecule has 0 aromatic rings. The summed E-state index contributed by atoms with van der Waals surface area (Å²) < 4.78 is 5.66. The molecule has 2 heterocycles. The minimum atomic E-state index is -0.263. The van der Waals surface area contributed by atoms with Crippen LogP contribution in [0.3, 0.4) is 0 Å². The molecule has 0 spiro atoms. The molecule has 2 saturated heterocycles. The SMILES string of the molecule is NC1CCCN(CCC2CCCCO2)C1=O. The van der Waals surface area contributed by atoms with Crippen LogP contribution in [0, 0.1) is 0 Å². The van der Waals surface area contributed by atoms with Crippen molar-refractivity contribution in [2.45, 2.75) is 50.7 Å².